The number of carbonyl (C=O) groups is 2. The Morgan fingerprint density at radius 2 is 1.86 bits per heavy atom. The Hall–Kier alpha value is -3.87. The summed E-state index contributed by atoms with van der Waals surface area (Å²) in [6.07, 6.45) is 7.02. The first kappa shape index (κ1) is 22.9. The molecule has 1 aliphatic heterocycles. The molecule has 1 atom stereocenters. The number of methoxy groups -OCH3 is 1. The van der Waals surface area contributed by atoms with Crippen LogP contribution in [0.5, 0.6) is 11.5 Å². The van der Waals surface area contributed by atoms with Crippen LogP contribution in [-0.2, 0) is 35.6 Å². The van der Waals surface area contributed by atoms with Crippen molar-refractivity contribution in [1.82, 2.24) is 10.3 Å². The molecular formula is C28H29N3O4. The van der Waals surface area contributed by atoms with E-state index in [1.54, 1.807) is 24.4 Å². The van der Waals surface area contributed by atoms with E-state index in [0.717, 1.165) is 29.7 Å². The molecule has 5 rings (SSSR count). The van der Waals surface area contributed by atoms with E-state index < -0.39 is 0 Å². The van der Waals surface area contributed by atoms with Crippen LogP contribution >= 0.6 is 0 Å². The number of fused-ring (bicyclic) bond motifs is 1. The molecule has 0 radical (unpaired) electrons. The van der Waals surface area contributed by atoms with Crippen LogP contribution in [0.2, 0.25) is 0 Å². The molecule has 35 heavy (non-hydrogen) atoms. The highest BCUT2D eigenvalue weighted by Crippen LogP contribution is 2.31. The maximum atomic E-state index is 12.9. The van der Waals surface area contributed by atoms with Crippen molar-refractivity contribution in [2.45, 2.75) is 38.8 Å². The Bertz CT molecular complexity index is 1230. The molecule has 1 N–H and O–H groups in total. The van der Waals surface area contributed by atoms with Gasteiger partial charge in [0, 0.05) is 37.6 Å². The van der Waals surface area contributed by atoms with Gasteiger partial charge >= 0.3 is 0 Å². The number of nitrogens with zero attached hydrogens (tertiary/aromatic N) is 2. The molecule has 2 heterocycles. The second kappa shape index (κ2) is 10.2. The van der Waals surface area contributed by atoms with Crippen molar-refractivity contribution in [3.8, 4) is 11.5 Å². The number of rotatable bonds is 8. The van der Waals surface area contributed by atoms with Gasteiger partial charge in [-0.15, -0.1) is 0 Å². The van der Waals surface area contributed by atoms with Gasteiger partial charge in [-0.3, -0.25) is 14.6 Å². The largest absolute Gasteiger partial charge is 0.493 e. The monoisotopic (exact) mass is 471 g/mol. The molecule has 0 spiro atoms. The summed E-state index contributed by atoms with van der Waals surface area (Å²) in [4.78, 5) is 31.3. The molecule has 1 aliphatic carbocycles. The average Bonchev–Trinajstić information content (AvgIpc) is 3.52. The van der Waals surface area contributed by atoms with E-state index in [4.69, 9.17) is 9.47 Å². The third kappa shape index (κ3) is 5.14. The second-order valence-electron chi connectivity index (χ2n) is 9.06. The zero-order valence-electron chi connectivity index (χ0n) is 19.8. The number of aryl methyl sites for hydroxylation is 2. The Morgan fingerprint density at radius 1 is 1.03 bits per heavy atom. The smallest absolute Gasteiger partial charge is 0.227 e. The second-order valence-corrected chi connectivity index (χ2v) is 9.06. The van der Waals surface area contributed by atoms with E-state index in [-0.39, 0.29) is 24.2 Å². The first-order chi connectivity index (χ1) is 17.1. The molecule has 0 saturated carbocycles. The van der Waals surface area contributed by atoms with Gasteiger partial charge in [0.1, 0.15) is 6.61 Å². The van der Waals surface area contributed by atoms with Gasteiger partial charge in [-0.25, -0.2) is 0 Å². The molecule has 2 aromatic carbocycles. The fourth-order valence-corrected chi connectivity index (χ4v) is 4.77. The molecule has 3 aromatic rings. The third-order valence-electron chi connectivity index (χ3n) is 6.73. The molecule has 1 unspecified atom stereocenters. The maximum absolute atomic E-state index is 12.9. The van der Waals surface area contributed by atoms with Crippen molar-refractivity contribution < 1.29 is 19.1 Å². The zero-order chi connectivity index (χ0) is 24.2. The van der Waals surface area contributed by atoms with E-state index in [1.807, 2.05) is 36.4 Å². The van der Waals surface area contributed by atoms with Gasteiger partial charge in [0.05, 0.1) is 13.0 Å². The van der Waals surface area contributed by atoms with E-state index in [2.05, 4.69) is 22.4 Å². The minimum Gasteiger partial charge on any atom is -0.493 e. The number of hydrogen-bond acceptors (Lipinski definition) is 5. The summed E-state index contributed by atoms with van der Waals surface area (Å²) in [6.45, 7) is 1.17. The fraction of sp³-hybridized carbons (Fsp3) is 0.321. The molecule has 1 aromatic heterocycles. The van der Waals surface area contributed by atoms with Crippen LogP contribution in [0.25, 0.3) is 0 Å². The van der Waals surface area contributed by atoms with Crippen molar-refractivity contribution in [2.75, 3.05) is 18.6 Å². The number of carbonyl (C=O) groups excluding carboxylic acids is 2. The first-order valence-electron chi connectivity index (χ1n) is 12.0. The highest BCUT2D eigenvalue weighted by atomic mass is 16.5. The van der Waals surface area contributed by atoms with Crippen LogP contribution in [0.15, 0.2) is 60.9 Å². The van der Waals surface area contributed by atoms with E-state index in [1.165, 1.54) is 17.5 Å². The summed E-state index contributed by atoms with van der Waals surface area (Å²) in [7, 11) is 1.59. The molecule has 2 amide bonds. The van der Waals surface area contributed by atoms with Crippen molar-refractivity contribution in [1.29, 1.82) is 0 Å². The normalized spacial score (nSPS) is 16.8. The Labute approximate surface area is 205 Å². The third-order valence-corrected chi connectivity index (χ3v) is 6.73. The quantitative estimate of drug-likeness (QED) is 0.540. The van der Waals surface area contributed by atoms with Crippen LogP contribution in [0, 0.1) is 5.92 Å². The number of aromatic nitrogens is 1. The van der Waals surface area contributed by atoms with Crippen molar-refractivity contribution in [3.63, 3.8) is 0 Å². The number of ether oxygens (including phenoxy) is 2. The Kier molecular flexibility index (Phi) is 6.66. The summed E-state index contributed by atoms with van der Waals surface area (Å²) in [6, 6.07) is 15.6. The van der Waals surface area contributed by atoms with Crippen LogP contribution in [0.4, 0.5) is 5.69 Å². The van der Waals surface area contributed by atoms with Gasteiger partial charge in [-0.1, -0.05) is 12.1 Å². The van der Waals surface area contributed by atoms with E-state index in [9.17, 15) is 9.59 Å². The molecule has 1 saturated heterocycles. The highest BCUT2D eigenvalue weighted by molar-refractivity contribution is 6.00. The minimum atomic E-state index is -0.361. The van der Waals surface area contributed by atoms with Crippen LogP contribution < -0.4 is 19.7 Å². The van der Waals surface area contributed by atoms with Gasteiger partial charge in [-0.05, 0) is 77.9 Å². The van der Waals surface area contributed by atoms with Gasteiger partial charge in [-0.2, -0.15) is 0 Å². The minimum absolute atomic E-state index is 0.000431. The molecule has 180 valence electrons. The predicted octanol–water partition coefficient (Wildman–Crippen LogP) is 3.83. The zero-order valence-corrected chi connectivity index (χ0v) is 19.8. The molecule has 7 nitrogen and oxygen atoms in total. The first-order valence-corrected chi connectivity index (χ1v) is 12.0. The van der Waals surface area contributed by atoms with Crippen LogP contribution in [0.3, 0.4) is 0 Å². The number of anilines is 1. The fourth-order valence-electron chi connectivity index (χ4n) is 4.77. The molecule has 7 heteroatoms. The lowest BCUT2D eigenvalue weighted by atomic mass is 10.1. The van der Waals surface area contributed by atoms with Gasteiger partial charge < -0.3 is 19.7 Å². The highest BCUT2D eigenvalue weighted by Gasteiger charge is 2.35. The molecule has 1 fully saturated rings. The Balaban J connectivity index is 1.17. The average molecular weight is 472 g/mol. The summed E-state index contributed by atoms with van der Waals surface area (Å²) in [5.74, 6) is 0.760. The lowest BCUT2D eigenvalue weighted by Crippen LogP contribution is -2.32. The van der Waals surface area contributed by atoms with Crippen molar-refractivity contribution >= 4 is 17.5 Å². The summed E-state index contributed by atoms with van der Waals surface area (Å²) in [5.41, 5.74) is 5.51. The Morgan fingerprint density at radius 3 is 2.69 bits per heavy atom. The van der Waals surface area contributed by atoms with Gasteiger partial charge in [0.25, 0.3) is 0 Å². The van der Waals surface area contributed by atoms with Gasteiger partial charge in [0.15, 0.2) is 11.5 Å². The van der Waals surface area contributed by atoms with Gasteiger partial charge in [0.2, 0.25) is 11.8 Å². The maximum Gasteiger partial charge on any atom is 0.227 e. The number of amides is 2. The lowest BCUT2D eigenvalue weighted by Gasteiger charge is -2.18. The van der Waals surface area contributed by atoms with Crippen LogP contribution in [0.1, 0.15) is 35.1 Å². The molecular weight excluding hydrogens is 442 g/mol. The number of pyridine rings is 1. The van der Waals surface area contributed by atoms with E-state index in [0.29, 0.717) is 31.2 Å². The van der Waals surface area contributed by atoms with Crippen LogP contribution in [-0.4, -0.2) is 30.5 Å². The number of nitrogens with one attached hydrogen (secondary N) is 1. The molecule has 0 bridgehead atoms. The summed E-state index contributed by atoms with van der Waals surface area (Å²) in [5, 5.41) is 2.98. The standard InChI is InChI=1S/C28H29N3O4/c1-34-26-13-20(5-8-25(26)35-18-19-9-11-29-12-10-19)16-30-28(33)23-15-27(32)31(17-23)24-7-6-21-3-2-4-22(21)14-24/h5-14,23H,2-4,15-18H2,1H3,(H,30,33). The molecule has 2 aliphatic rings. The summed E-state index contributed by atoms with van der Waals surface area (Å²) < 4.78 is 11.4. The number of benzene rings is 2. The topological polar surface area (TPSA) is 80.8 Å². The summed E-state index contributed by atoms with van der Waals surface area (Å²) >= 11 is 0. The van der Waals surface area contributed by atoms with Crippen molar-refractivity contribution in [3.05, 3.63) is 83.2 Å². The van der Waals surface area contributed by atoms with E-state index >= 15 is 0 Å². The SMILES string of the molecule is COc1cc(CNC(=O)C2CC(=O)N(c3ccc4c(c3)CCC4)C2)ccc1OCc1ccncc1. The lowest BCUT2D eigenvalue weighted by molar-refractivity contribution is -0.126. The predicted molar refractivity (Wildman–Crippen MR) is 132 cm³/mol. The van der Waals surface area contributed by atoms with Crippen molar-refractivity contribution in [2.24, 2.45) is 5.92 Å². The number of hydrogen-bond donors (Lipinski definition) is 1.